The van der Waals surface area contributed by atoms with Crippen molar-refractivity contribution in [3.63, 3.8) is 0 Å². The summed E-state index contributed by atoms with van der Waals surface area (Å²) in [5, 5.41) is 30.6. The lowest BCUT2D eigenvalue weighted by Gasteiger charge is -2.35. The summed E-state index contributed by atoms with van der Waals surface area (Å²) in [5.74, 6) is 5.85. The highest BCUT2D eigenvalue weighted by molar-refractivity contribution is 6.01. The molecule has 0 aliphatic heterocycles. The largest absolute Gasteiger partial charge is 0.508 e. The lowest BCUT2D eigenvalue weighted by Crippen LogP contribution is -2.36. The summed E-state index contributed by atoms with van der Waals surface area (Å²) in [4.78, 5) is 25.2. The van der Waals surface area contributed by atoms with Gasteiger partial charge in [0.2, 0.25) is 0 Å². The summed E-state index contributed by atoms with van der Waals surface area (Å²) in [7, 11) is 0. The molecule has 0 saturated heterocycles. The fraction of sp³-hybridized carbons (Fsp3) is 0.450. The second-order valence-corrected chi connectivity index (χ2v) is 14.0. The first-order chi connectivity index (χ1) is 20.8. The van der Waals surface area contributed by atoms with Crippen molar-refractivity contribution in [2.45, 2.75) is 101 Å². The van der Waals surface area contributed by atoms with Gasteiger partial charge in [-0.15, -0.1) is 0 Å². The molecule has 0 aromatic heterocycles. The van der Waals surface area contributed by atoms with Crippen molar-refractivity contribution in [1.82, 2.24) is 0 Å². The molecular weight excluding hydrogens is 560 g/mol. The molecule has 3 atom stereocenters. The van der Waals surface area contributed by atoms with Crippen LogP contribution in [0.4, 0.5) is 0 Å². The minimum absolute atomic E-state index is 0.0618. The third-order valence-corrected chi connectivity index (χ3v) is 9.15. The van der Waals surface area contributed by atoms with Crippen LogP contribution in [0.3, 0.4) is 0 Å². The molecule has 242 valence electrons. The van der Waals surface area contributed by atoms with Gasteiger partial charge in [0.1, 0.15) is 11.9 Å². The van der Waals surface area contributed by atoms with Gasteiger partial charge in [0.15, 0.2) is 11.6 Å². The first-order valence-electron chi connectivity index (χ1n) is 15.6. The lowest BCUT2D eigenvalue weighted by atomic mass is 9.66. The van der Waals surface area contributed by atoms with Gasteiger partial charge in [-0.3, -0.25) is 9.59 Å². The zero-order valence-corrected chi connectivity index (χ0v) is 28.8. The molecule has 45 heavy (non-hydrogen) atoms. The van der Waals surface area contributed by atoms with Crippen LogP contribution in [0.25, 0.3) is 0 Å². The van der Waals surface area contributed by atoms with Gasteiger partial charge in [0, 0.05) is 28.1 Å². The van der Waals surface area contributed by atoms with Crippen molar-refractivity contribution in [3.8, 4) is 11.8 Å². The fourth-order valence-electron chi connectivity index (χ4n) is 5.79. The van der Waals surface area contributed by atoms with Crippen LogP contribution in [0.1, 0.15) is 88.5 Å². The van der Waals surface area contributed by atoms with Gasteiger partial charge in [-0.1, -0.05) is 118 Å². The van der Waals surface area contributed by atoms with Crippen LogP contribution in [0.5, 0.6) is 0 Å². The molecule has 0 aromatic rings. The van der Waals surface area contributed by atoms with Crippen molar-refractivity contribution in [2.75, 3.05) is 0 Å². The van der Waals surface area contributed by atoms with E-state index in [2.05, 4.69) is 11.8 Å². The Morgan fingerprint density at radius 1 is 0.822 bits per heavy atom. The van der Waals surface area contributed by atoms with Crippen LogP contribution in [0, 0.1) is 28.1 Å². The maximum atomic E-state index is 13.0. The van der Waals surface area contributed by atoms with E-state index < -0.39 is 17.6 Å². The van der Waals surface area contributed by atoms with Crippen molar-refractivity contribution < 1.29 is 24.9 Å². The number of allylic oxidation sites excluding steroid dienone is 16. The van der Waals surface area contributed by atoms with Crippen LogP contribution in [-0.4, -0.2) is 39.1 Å². The smallest absolute Gasteiger partial charge is 0.187 e. The quantitative estimate of drug-likeness (QED) is 0.105. The van der Waals surface area contributed by atoms with Gasteiger partial charge in [0.05, 0.1) is 6.10 Å². The van der Waals surface area contributed by atoms with Crippen molar-refractivity contribution in [1.29, 1.82) is 0 Å². The number of Topliss-reactive ketones (excluding diaryl/α,β-unsaturated/α-hetero) is 1. The highest BCUT2D eigenvalue weighted by Crippen LogP contribution is 2.53. The molecule has 0 spiro atoms. The Labute approximate surface area is 270 Å². The third-order valence-electron chi connectivity index (χ3n) is 9.15. The van der Waals surface area contributed by atoms with Crippen molar-refractivity contribution in [3.05, 3.63) is 106 Å². The Balaban J connectivity index is 1.97. The first kappa shape index (κ1) is 37.5. The van der Waals surface area contributed by atoms with E-state index in [-0.39, 0.29) is 28.2 Å². The average Bonchev–Trinajstić information content (AvgIpc) is 3.15. The zero-order chi connectivity index (χ0) is 34.2. The van der Waals surface area contributed by atoms with Gasteiger partial charge in [0.25, 0.3) is 0 Å². The minimum atomic E-state index is -0.950. The van der Waals surface area contributed by atoms with Gasteiger partial charge < -0.3 is 15.3 Å². The predicted molar refractivity (Wildman–Crippen MR) is 185 cm³/mol. The van der Waals surface area contributed by atoms with E-state index in [1.807, 2.05) is 110 Å². The zero-order valence-electron chi connectivity index (χ0n) is 28.8. The maximum absolute atomic E-state index is 13.0. The van der Waals surface area contributed by atoms with E-state index >= 15 is 0 Å². The summed E-state index contributed by atoms with van der Waals surface area (Å²) in [6.45, 7) is 19.3. The Kier molecular flexibility index (Phi) is 12.9. The number of hydrogen-bond acceptors (Lipinski definition) is 5. The number of aliphatic hydroxyl groups is 3. The molecule has 5 heteroatoms. The number of carbonyl (C=O) groups is 2. The number of hydrogen-bond donors (Lipinski definition) is 3. The normalized spacial score (nSPS) is 26.8. The van der Waals surface area contributed by atoms with E-state index in [0.29, 0.717) is 30.4 Å². The van der Waals surface area contributed by atoms with Crippen molar-refractivity contribution >= 4 is 11.6 Å². The predicted octanol–water partition coefficient (Wildman–Crippen LogP) is 8.32. The monoisotopic (exact) mass is 612 g/mol. The Bertz CT molecular complexity index is 1500. The Hall–Kier alpha value is -3.72. The summed E-state index contributed by atoms with van der Waals surface area (Å²) in [6, 6.07) is 0. The first-order valence-corrected chi connectivity index (χ1v) is 15.6. The maximum Gasteiger partial charge on any atom is 0.187 e. The Morgan fingerprint density at radius 2 is 1.38 bits per heavy atom. The standard InChI is InChI=1S/C40H52O5/c1-27(17-13-18-29(3)21-22-33-31(5)37(45)35(43)26-38(33,6)7)15-11-12-16-28(2)19-14-20-30(4)34(42)23-36(44)40(10)25-32(41)24-39(40,8)9/h11-20,23,32,35,41-43H,24-26H2,1-10H3/b12-11+,17-13+,19-14+,27-15+,28-16+,29-18+,30-20+,34-23-/t32-,35-,40-/m0/s1. The van der Waals surface area contributed by atoms with Gasteiger partial charge >= 0.3 is 0 Å². The molecule has 0 heterocycles. The number of ketones is 2. The topological polar surface area (TPSA) is 94.8 Å². The van der Waals surface area contributed by atoms with E-state index in [0.717, 1.165) is 22.3 Å². The summed E-state index contributed by atoms with van der Waals surface area (Å²) in [6.07, 6.45) is 20.5. The molecule has 0 aromatic carbocycles. The van der Waals surface area contributed by atoms with Crippen molar-refractivity contribution in [2.24, 2.45) is 16.2 Å². The number of rotatable bonds is 9. The lowest BCUT2D eigenvalue weighted by molar-refractivity contribution is -0.128. The summed E-state index contributed by atoms with van der Waals surface area (Å²) in [5.41, 5.74) is 3.49. The highest BCUT2D eigenvalue weighted by Gasteiger charge is 2.53. The fourth-order valence-corrected chi connectivity index (χ4v) is 5.79. The van der Waals surface area contributed by atoms with Crippen LogP contribution >= 0.6 is 0 Å². The van der Waals surface area contributed by atoms with E-state index in [4.69, 9.17) is 0 Å². The van der Waals surface area contributed by atoms with Crippen LogP contribution in [0.15, 0.2) is 106 Å². The molecule has 1 fully saturated rings. The molecule has 1 saturated carbocycles. The summed E-state index contributed by atoms with van der Waals surface area (Å²) >= 11 is 0. The third kappa shape index (κ3) is 10.1. The van der Waals surface area contributed by atoms with E-state index in [9.17, 15) is 24.9 Å². The average molecular weight is 613 g/mol. The van der Waals surface area contributed by atoms with Crippen LogP contribution in [-0.2, 0) is 9.59 Å². The molecule has 2 aliphatic rings. The van der Waals surface area contributed by atoms with Gasteiger partial charge in [-0.2, -0.15) is 0 Å². The molecule has 3 N–H and O–H groups in total. The minimum Gasteiger partial charge on any atom is -0.508 e. The van der Waals surface area contributed by atoms with E-state index in [1.54, 1.807) is 19.9 Å². The van der Waals surface area contributed by atoms with Gasteiger partial charge in [-0.05, 0) is 70.4 Å². The number of carbonyl (C=O) groups excluding carboxylic acids is 2. The molecular formula is C40H52O5. The number of aliphatic hydroxyl groups excluding tert-OH is 3. The second-order valence-electron chi connectivity index (χ2n) is 14.0. The molecule has 0 amide bonds. The van der Waals surface area contributed by atoms with E-state index in [1.165, 1.54) is 6.08 Å². The summed E-state index contributed by atoms with van der Waals surface area (Å²) < 4.78 is 0. The molecule has 0 radical (unpaired) electrons. The Morgan fingerprint density at radius 3 is 1.91 bits per heavy atom. The molecule has 2 rings (SSSR count). The molecule has 5 nitrogen and oxygen atoms in total. The molecule has 0 bridgehead atoms. The molecule has 2 aliphatic carbocycles. The van der Waals surface area contributed by atoms with Crippen LogP contribution < -0.4 is 0 Å². The molecule has 0 unspecified atom stereocenters. The van der Waals surface area contributed by atoms with Gasteiger partial charge in [-0.25, -0.2) is 0 Å². The second kappa shape index (κ2) is 15.5. The van der Waals surface area contributed by atoms with Crippen LogP contribution in [0.2, 0.25) is 0 Å². The highest BCUT2D eigenvalue weighted by atomic mass is 16.3. The SMILES string of the molecule is CC1=C(C#C/C(C)=C/C=C/C(C)=C/C=C/C=C(C)/C=C/C=C(C)/C(O)=C/C(=O)[C@]2(C)C[C@@H](O)CC2(C)C)C(C)(C)C[C@H](O)C1=O.